The van der Waals surface area contributed by atoms with Gasteiger partial charge in [-0.1, -0.05) is 62.2 Å². The summed E-state index contributed by atoms with van der Waals surface area (Å²) in [5.41, 5.74) is 1.74. The number of carbonyl (C=O) groups excluding carboxylic acids is 3. The van der Waals surface area contributed by atoms with E-state index in [1.54, 1.807) is 57.2 Å². The summed E-state index contributed by atoms with van der Waals surface area (Å²) in [6.07, 6.45) is 6.97. The molecular weight excluding hydrogens is 478 g/mol. The summed E-state index contributed by atoms with van der Waals surface area (Å²) >= 11 is 0. The van der Waals surface area contributed by atoms with Crippen LogP contribution in [0.2, 0.25) is 0 Å². The summed E-state index contributed by atoms with van der Waals surface area (Å²) in [7, 11) is 0. The number of nitrogens with zero attached hydrogens (tertiary/aromatic N) is 1. The number of nitrogens with one attached hydrogen (secondary N) is 2. The standard InChI is InChI=1S/C31H39N3O4/c1-9-19-34(29(36)26(20-21(3)4)33-30(37)38-31(6,7)8)27(24-17-13-12-16-23(24)10-2)28(35)32-25-18-14-11-15-22(25)5/h2,9,11-18,21,26-27H,1,19-20H2,3-8H3,(H,32,35)(H,33,37). The lowest BCUT2D eigenvalue weighted by molar-refractivity contribution is -0.140. The Hall–Kier alpha value is -4.05. The highest BCUT2D eigenvalue weighted by Gasteiger charge is 2.37. The zero-order valence-corrected chi connectivity index (χ0v) is 23.2. The molecule has 0 aliphatic rings. The van der Waals surface area contributed by atoms with E-state index < -0.39 is 35.6 Å². The van der Waals surface area contributed by atoms with Gasteiger partial charge in [0.1, 0.15) is 17.7 Å². The maximum Gasteiger partial charge on any atom is 0.408 e. The van der Waals surface area contributed by atoms with Crippen molar-refractivity contribution in [1.29, 1.82) is 0 Å². The van der Waals surface area contributed by atoms with E-state index in [4.69, 9.17) is 11.2 Å². The van der Waals surface area contributed by atoms with Crippen LogP contribution in [0.25, 0.3) is 0 Å². The van der Waals surface area contributed by atoms with Gasteiger partial charge in [0, 0.05) is 17.8 Å². The molecular formula is C31H39N3O4. The fourth-order valence-corrected chi connectivity index (χ4v) is 4.04. The van der Waals surface area contributed by atoms with Gasteiger partial charge in [0.25, 0.3) is 5.91 Å². The van der Waals surface area contributed by atoms with Crippen LogP contribution in [0.5, 0.6) is 0 Å². The molecule has 2 rings (SSSR count). The first-order chi connectivity index (χ1) is 17.9. The Kier molecular flexibility index (Phi) is 10.7. The normalized spacial score (nSPS) is 12.6. The first-order valence-electron chi connectivity index (χ1n) is 12.7. The summed E-state index contributed by atoms with van der Waals surface area (Å²) in [5, 5.41) is 5.68. The maximum absolute atomic E-state index is 14.1. The summed E-state index contributed by atoms with van der Waals surface area (Å²) in [5.74, 6) is 1.82. The number of aryl methyl sites for hydroxylation is 1. The van der Waals surface area contributed by atoms with Crippen LogP contribution >= 0.6 is 0 Å². The zero-order chi connectivity index (χ0) is 28.5. The molecule has 0 heterocycles. The Morgan fingerprint density at radius 1 is 1.11 bits per heavy atom. The highest BCUT2D eigenvalue weighted by Crippen LogP contribution is 2.28. The number of carbonyl (C=O) groups is 3. The number of benzene rings is 2. The number of rotatable bonds is 10. The van der Waals surface area contributed by atoms with Crippen molar-refractivity contribution in [1.82, 2.24) is 10.2 Å². The predicted octanol–water partition coefficient (Wildman–Crippen LogP) is 5.61. The largest absolute Gasteiger partial charge is 0.444 e. The zero-order valence-electron chi connectivity index (χ0n) is 23.2. The number of terminal acetylenes is 1. The molecule has 2 aromatic rings. The molecule has 0 aromatic heterocycles. The molecule has 0 saturated heterocycles. The Morgan fingerprint density at radius 3 is 2.32 bits per heavy atom. The molecule has 7 heteroatoms. The Balaban J connectivity index is 2.58. The van der Waals surface area contributed by atoms with Gasteiger partial charge >= 0.3 is 6.09 Å². The number of amides is 3. The van der Waals surface area contributed by atoms with Gasteiger partial charge in [-0.05, 0) is 63.3 Å². The molecule has 38 heavy (non-hydrogen) atoms. The van der Waals surface area contributed by atoms with Crippen molar-refractivity contribution in [3.63, 3.8) is 0 Å². The number of para-hydroxylation sites is 1. The van der Waals surface area contributed by atoms with Crippen molar-refractivity contribution in [2.45, 2.75) is 65.6 Å². The van der Waals surface area contributed by atoms with Crippen LogP contribution < -0.4 is 10.6 Å². The SMILES string of the molecule is C#Cc1ccccc1C(C(=O)Nc1ccccc1C)N(CC=C)C(=O)C(CC(C)C)NC(=O)OC(C)(C)C. The van der Waals surface area contributed by atoms with Gasteiger partial charge in [-0.2, -0.15) is 0 Å². The fraction of sp³-hybridized carbons (Fsp3) is 0.387. The van der Waals surface area contributed by atoms with E-state index in [1.165, 1.54) is 4.90 Å². The molecule has 0 radical (unpaired) electrons. The summed E-state index contributed by atoms with van der Waals surface area (Å²) < 4.78 is 5.41. The molecule has 0 bridgehead atoms. The van der Waals surface area contributed by atoms with Gasteiger partial charge in [-0.3, -0.25) is 9.59 Å². The van der Waals surface area contributed by atoms with Crippen molar-refractivity contribution in [2.24, 2.45) is 5.92 Å². The summed E-state index contributed by atoms with van der Waals surface area (Å²) in [6.45, 7) is 14.9. The Labute approximate surface area is 226 Å². The first-order valence-corrected chi connectivity index (χ1v) is 12.7. The predicted molar refractivity (Wildman–Crippen MR) is 151 cm³/mol. The van der Waals surface area contributed by atoms with Crippen LogP contribution in [0.4, 0.5) is 10.5 Å². The van der Waals surface area contributed by atoms with E-state index in [9.17, 15) is 14.4 Å². The highest BCUT2D eigenvalue weighted by molar-refractivity contribution is 5.99. The smallest absolute Gasteiger partial charge is 0.408 e. The molecule has 0 spiro atoms. The number of alkyl carbamates (subject to hydrolysis) is 1. The second-order valence-electron chi connectivity index (χ2n) is 10.5. The van der Waals surface area contributed by atoms with Crippen molar-refractivity contribution in [3.05, 3.63) is 77.9 Å². The van der Waals surface area contributed by atoms with Crippen LogP contribution in [0.15, 0.2) is 61.2 Å². The summed E-state index contributed by atoms with van der Waals surface area (Å²) in [6, 6.07) is 12.4. The second kappa shape index (κ2) is 13.5. The van der Waals surface area contributed by atoms with E-state index >= 15 is 0 Å². The third-order valence-electron chi connectivity index (χ3n) is 5.68. The third kappa shape index (κ3) is 8.52. The molecule has 2 atom stereocenters. The lowest BCUT2D eigenvalue weighted by atomic mass is 9.96. The Morgan fingerprint density at radius 2 is 1.74 bits per heavy atom. The monoisotopic (exact) mass is 517 g/mol. The van der Waals surface area contributed by atoms with Crippen molar-refractivity contribution < 1.29 is 19.1 Å². The number of anilines is 1. The van der Waals surface area contributed by atoms with E-state index in [0.717, 1.165) is 5.56 Å². The number of ether oxygens (including phenoxy) is 1. The molecule has 3 amide bonds. The first kappa shape index (κ1) is 30.2. The van der Waals surface area contributed by atoms with E-state index in [2.05, 4.69) is 23.1 Å². The quantitative estimate of drug-likeness (QED) is 0.317. The summed E-state index contributed by atoms with van der Waals surface area (Å²) in [4.78, 5) is 42.0. The fourth-order valence-electron chi connectivity index (χ4n) is 4.04. The minimum atomic E-state index is -1.08. The van der Waals surface area contributed by atoms with Crippen LogP contribution in [0, 0.1) is 25.2 Å². The minimum Gasteiger partial charge on any atom is -0.444 e. The van der Waals surface area contributed by atoms with E-state index in [0.29, 0.717) is 23.2 Å². The van der Waals surface area contributed by atoms with Gasteiger partial charge in [-0.15, -0.1) is 13.0 Å². The molecule has 0 fully saturated rings. The second-order valence-corrected chi connectivity index (χ2v) is 10.5. The molecule has 0 saturated carbocycles. The van der Waals surface area contributed by atoms with Crippen molar-refractivity contribution in [2.75, 3.05) is 11.9 Å². The molecule has 0 aliphatic carbocycles. The maximum atomic E-state index is 14.1. The topological polar surface area (TPSA) is 87.7 Å². The molecule has 2 aromatic carbocycles. The molecule has 202 valence electrons. The van der Waals surface area contributed by atoms with Crippen molar-refractivity contribution >= 4 is 23.6 Å². The lowest BCUT2D eigenvalue weighted by Crippen LogP contribution is -2.53. The third-order valence-corrected chi connectivity index (χ3v) is 5.68. The van der Waals surface area contributed by atoms with Gasteiger partial charge < -0.3 is 20.3 Å². The molecule has 2 unspecified atom stereocenters. The van der Waals surface area contributed by atoms with Gasteiger partial charge in [0.2, 0.25) is 5.91 Å². The molecule has 7 nitrogen and oxygen atoms in total. The van der Waals surface area contributed by atoms with E-state index in [-0.39, 0.29) is 12.5 Å². The van der Waals surface area contributed by atoms with Crippen LogP contribution in [0.1, 0.15) is 63.8 Å². The highest BCUT2D eigenvalue weighted by atomic mass is 16.6. The number of hydrogen-bond acceptors (Lipinski definition) is 4. The lowest BCUT2D eigenvalue weighted by Gasteiger charge is -2.34. The molecule has 0 aliphatic heterocycles. The van der Waals surface area contributed by atoms with E-state index in [1.807, 2.05) is 39.0 Å². The van der Waals surface area contributed by atoms with Crippen LogP contribution in [-0.2, 0) is 14.3 Å². The molecule has 2 N–H and O–H groups in total. The van der Waals surface area contributed by atoms with Gasteiger partial charge in [0.05, 0.1) is 0 Å². The average molecular weight is 518 g/mol. The van der Waals surface area contributed by atoms with Gasteiger partial charge in [0.15, 0.2) is 0 Å². The van der Waals surface area contributed by atoms with Crippen molar-refractivity contribution in [3.8, 4) is 12.3 Å². The number of hydrogen-bond donors (Lipinski definition) is 2. The van der Waals surface area contributed by atoms with Crippen LogP contribution in [0.3, 0.4) is 0 Å². The minimum absolute atomic E-state index is 0.0498. The average Bonchev–Trinajstić information content (AvgIpc) is 2.83. The van der Waals surface area contributed by atoms with Gasteiger partial charge in [-0.25, -0.2) is 4.79 Å². The van der Waals surface area contributed by atoms with Crippen LogP contribution in [-0.4, -0.2) is 41.0 Å². The Bertz CT molecular complexity index is 1190.